The van der Waals surface area contributed by atoms with Gasteiger partial charge in [0.2, 0.25) is 0 Å². The molecule has 3 nitrogen and oxygen atoms in total. The molecule has 3 atom stereocenters. The first-order chi connectivity index (χ1) is 9.87. The van der Waals surface area contributed by atoms with E-state index < -0.39 is 0 Å². The summed E-state index contributed by atoms with van der Waals surface area (Å²) in [6.07, 6.45) is 4.87. The number of ether oxygens (including phenoxy) is 1. The van der Waals surface area contributed by atoms with Gasteiger partial charge in [-0.15, -0.1) is 0 Å². The van der Waals surface area contributed by atoms with E-state index in [0.29, 0.717) is 18.1 Å². The summed E-state index contributed by atoms with van der Waals surface area (Å²) < 4.78 is 6.10. The number of piperidine rings is 1. The summed E-state index contributed by atoms with van der Waals surface area (Å²) in [7, 11) is 0. The number of aromatic hydroxyl groups is 1. The third kappa shape index (κ3) is 2.76. The minimum absolute atomic E-state index is 0.192. The van der Waals surface area contributed by atoms with Crippen LogP contribution in [0, 0.1) is 0 Å². The van der Waals surface area contributed by atoms with Crippen LogP contribution < -0.4 is 4.74 Å². The van der Waals surface area contributed by atoms with Crippen LogP contribution in [0.2, 0.25) is 0 Å². The molecule has 2 aliphatic rings. The molecule has 0 bridgehead atoms. The molecule has 3 unspecified atom stereocenters. The van der Waals surface area contributed by atoms with Gasteiger partial charge in [0, 0.05) is 36.2 Å². The molecule has 0 amide bonds. The summed E-state index contributed by atoms with van der Waals surface area (Å²) >= 11 is 0. The average Bonchev–Trinajstić information content (AvgIpc) is 2.36. The fourth-order valence-electron chi connectivity index (χ4n) is 4.12. The smallest absolute Gasteiger partial charge is 0.128 e. The van der Waals surface area contributed by atoms with Gasteiger partial charge in [-0.05, 0) is 46.6 Å². The van der Waals surface area contributed by atoms with Crippen LogP contribution in [0.3, 0.4) is 0 Å². The molecule has 0 aromatic heterocycles. The van der Waals surface area contributed by atoms with E-state index >= 15 is 0 Å². The van der Waals surface area contributed by atoms with Gasteiger partial charge in [-0.2, -0.15) is 0 Å². The summed E-state index contributed by atoms with van der Waals surface area (Å²) in [5.74, 6) is 1.13. The highest BCUT2D eigenvalue weighted by Gasteiger charge is 2.40. The Kier molecular flexibility index (Phi) is 3.64. The summed E-state index contributed by atoms with van der Waals surface area (Å²) in [5.41, 5.74) is 1.04. The lowest BCUT2D eigenvalue weighted by atomic mass is 9.84. The van der Waals surface area contributed by atoms with Crippen LogP contribution in [0.4, 0.5) is 0 Å². The van der Waals surface area contributed by atoms with E-state index in [9.17, 15) is 5.11 Å². The number of nitrogens with zero attached hydrogens (tertiary/aromatic N) is 1. The predicted octanol–water partition coefficient (Wildman–Crippen LogP) is 4.26. The molecular weight excluding hydrogens is 262 g/mol. The second kappa shape index (κ2) is 5.20. The van der Waals surface area contributed by atoms with E-state index in [4.69, 9.17) is 4.74 Å². The monoisotopic (exact) mass is 289 g/mol. The topological polar surface area (TPSA) is 32.7 Å². The molecule has 1 N–H and O–H groups in total. The van der Waals surface area contributed by atoms with Crippen molar-refractivity contribution in [1.82, 2.24) is 4.90 Å². The Morgan fingerprint density at radius 3 is 2.52 bits per heavy atom. The Morgan fingerprint density at radius 1 is 1.19 bits per heavy atom. The molecule has 2 heterocycles. The molecule has 3 rings (SSSR count). The van der Waals surface area contributed by atoms with Crippen molar-refractivity contribution >= 4 is 0 Å². The first-order valence-electron chi connectivity index (χ1n) is 8.17. The molecule has 0 aliphatic carbocycles. The van der Waals surface area contributed by atoms with Gasteiger partial charge in [0.1, 0.15) is 17.1 Å². The summed E-state index contributed by atoms with van der Waals surface area (Å²) in [6.45, 7) is 8.98. The minimum Gasteiger partial charge on any atom is -0.508 e. The van der Waals surface area contributed by atoms with Crippen molar-refractivity contribution in [1.29, 1.82) is 0 Å². The maximum atomic E-state index is 9.77. The summed E-state index contributed by atoms with van der Waals surface area (Å²) in [6, 6.07) is 7.19. The number of rotatable bonds is 1. The van der Waals surface area contributed by atoms with Gasteiger partial charge < -0.3 is 9.84 Å². The van der Waals surface area contributed by atoms with E-state index in [-0.39, 0.29) is 11.4 Å². The van der Waals surface area contributed by atoms with E-state index in [1.807, 2.05) is 6.07 Å². The van der Waals surface area contributed by atoms with Gasteiger partial charge >= 0.3 is 0 Å². The van der Waals surface area contributed by atoms with Crippen LogP contribution in [0.1, 0.15) is 65.0 Å². The maximum Gasteiger partial charge on any atom is 0.128 e. The van der Waals surface area contributed by atoms with Crippen molar-refractivity contribution in [2.75, 3.05) is 0 Å². The fraction of sp³-hybridized carbons (Fsp3) is 0.667. The molecule has 0 spiro atoms. The Labute approximate surface area is 127 Å². The van der Waals surface area contributed by atoms with Gasteiger partial charge in [0.25, 0.3) is 0 Å². The Hall–Kier alpha value is -1.22. The van der Waals surface area contributed by atoms with Crippen molar-refractivity contribution in [2.45, 2.75) is 77.1 Å². The van der Waals surface area contributed by atoms with Gasteiger partial charge in [0.05, 0.1) is 0 Å². The molecule has 21 heavy (non-hydrogen) atoms. The zero-order valence-electron chi connectivity index (χ0n) is 13.6. The molecule has 1 aromatic rings. The molecule has 116 valence electrons. The number of phenolic OH excluding ortho intramolecular Hbond substituents is 1. The maximum absolute atomic E-state index is 9.77. The molecule has 1 fully saturated rings. The molecule has 1 saturated heterocycles. The van der Waals surface area contributed by atoms with Crippen LogP contribution >= 0.6 is 0 Å². The van der Waals surface area contributed by atoms with Crippen molar-refractivity contribution in [3.8, 4) is 11.5 Å². The van der Waals surface area contributed by atoms with Gasteiger partial charge in [-0.25, -0.2) is 0 Å². The first-order valence-corrected chi connectivity index (χ1v) is 8.17. The summed E-state index contributed by atoms with van der Waals surface area (Å²) in [5, 5.41) is 9.77. The molecule has 0 saturated carbocycles. The zero-order valence-corrected chi connectivity index (χ0v) is 13.6. The third-order valence-electron chi connectivity index (χ3n) is 5.05. The minimum atomic E-state index is -0.192. The number of phenols is 1. The molecule has 3 heteroatoms. The van der Waals surface area contributed by atoms with E-state index in [2.05, 4.69) is 32.6 Å². The number of likely N-dealkylation sites (tertiary alicyclic amines) is 1. The highest BCUT2D eigenvalue weighted by Crippen LogP contribution is 2.46. The lowest BCUT2D eigenvalue weighted by molar-refractivity contribution is -0.0145. The average molecular weight is 289 g/mol. The zero-order chi connectivity index (χ0) is 15.2. The lowest BCUT2D eigenvalue weighted by Crippen LogP contribution is -2.50. The third-order valence-corrected chi connectivity index (χ3v) is 5.05. The Bertz CT molecular complexity index is 516. The highest BCUT2D eigenvalue weighted by molar-refractivity contribution is 5.44. The van der Waals surface area contributed by atoms with Gasteiger partial charge in [-0.1, -0.05) is 12.5 Å². The quantitative estimate of drug-likeness (QED) is 0.838. The van der Waals surface area contributed by atoms with E-state index in [1.165, 1.54) is 24.8 Å². The first kappa shape index (κ1) is 14.7. The standard InChI is InChI=1S/C18H27NO2/c1-12-6-5-7-13(2)19(12)16-11-18(3,4)21-17-10-14(20)8-9-15(16)17/h8-10,12-13,16,20H,5-7,11H2,1-4H3. The van der Waals surface area contributed by atoms with Crippen LogP contribution in [-0.2, 0) is 0 Å². The number of hydrogen-bond donors (Lipinski definition) is 1. The molecule has 1 aromatic carbocycles. The fourth-order valence-corrected chi connectivity index (χ4v) is 4.12. The molecule has 0 radical (unpaired) electrons. The van der Waals surface area contributed by atoms with E-state index in [1.54, 1.807) is 12.1 Å². The SMILES string of the molecule is CC1CCCC(C)N1C1CC(C)(C)Oc2cc(O)ccc21. The normalized spacial score (nSPS) is 32.3. The number of benzene rings is 1. The van der Waals surface area contributed by atoms with Crippen molar-refractivity contribution < 1.29 is 9.84 Å². The van der Waals surface area contributed by atoms with Crippen molar-refractivity contribution in [3.63, 3.8) is 0 Å². The Balaban J connectivity index is 2.01. The number of hydrogen-bond acceptors (Lipinski definition) is 3. The van der Waals surface area contributed by atoms with E-state index in [0.717, 1.165) is 12.2 Å². The highest BCUT2D eigenvalue weighted by atomic mass is 16.5. The summed E-state index contributed by atoms with van der Waals surface area (Å²) in [4.78, 5) is 2.67. The second-order valence-corrected chi connectivity index (χ2v) is 7.38. The van der Waals surface area contributed by atoms with Gasteiger partial charge in [0.15, 0.2) is 0 Å². The lowest BCUT2D eigenvalue weighted by Gasteiger charge is -2.49. The van der Waals surface area contributed by atoms with Crippen LogP contribution in [0.5, 0.6) is 11.5 Å². The largest absolute Gasteiger partial charge is 0.508 e. The van der Waals surface area contributed by atoms with Crippen LogP contribution in [0.25, 0.3) is 0 Å². The molecule has 2 aliphatic heterocycles. The Morgan fingerprint density at radius 2 is 1.86 bits per heavy atom. The number of fused-ring (bicyclic) bond motifs is 1. The van der Waals surface area contributed by atoms with Crippen molar-refractivity contribution in [2.24, 2.45) is 0 Å². The molecular formula is C18H27NO2. The van der Waals surface area contributed by atoms with Crippen LogP contribution in [0.15, 0.2) is 18.2 Å². The predicted molar refractivity (Wildman–Crippen MR) is 84.8 cm³/mol. The van der Waals surface area contributed by atoms with Crippen LogP contribution in [-0.4, -0.2) is 27.7 Å². The van der Waals surface area contributed by atoms with Gasteiger partial charge in [-0.3, -0.25) is 4.90 Å². The van der Waals surface area contributed by atoms with Crippen molar-refractivity contribution in [3.05, 3.63) is 23.8 Å². The second-order valence-electron chi connectivity index (χ2n) is 7.38.